The van der Waals surface area contributed by atoms with Crippen LogP contribution in [0, 0.1) is 18.3 Å². The van der Waals surface area contributed by atoms with E-state index in [-0.39, 0.29) is 70.3 Å². The lowest BCUT2D eigenvalue weighted by atomic mass is 10.1. The number of ketones is 1. The molecule has 2 heterocycles. The van der Waals surface area contributed by atoms with Crippen LogP contribution in [0.2, 0.25) is 5.02 Å². The van der Waals surface area contributed by atoms with E-state index in [0.717, 1.165) is 6.07 Å². The number of aryl methyl sites for hydroxylation is 1. The Morgan fingerprint density at radius 1 is 1.27 bits per heavy atom. The zero-order valence-corrected chi connectivity index (χ0v) is 17.8. The summed E-state index contributed by atoms with van der Waals surface area (Å²) in [7, 11) is -3.84. The van der Waals surface area contributed by atoms with E-state index < -0.39 is 15.9 Å². The molecule has 0 bridgehead atoms. The van der Waals surface area contributed by atoms with Crippen molar-refractivity contribution in [2.45, 2.75) is 18.7 Å². The standard InChI is InChI=1S/C19H18ClN3O6S/c1-11(24)17-12(2)29-19(15(17)10-21)22-18(25)14-9-13(3-4-16(14)20)30(26,27)23-5-7-28-8-6-23/h3-4,9H,5-8H2,1-2H3,(H,22,25). The van der Waals surface area contributed by atoms with Crippen LogP contribution in [0.15, 0.2) is 27.5 Å². The lowest BCUT2D eigenvalue weighted by Gasteiger charge is -2.26. The van der Waals surface area contributed by atoms with E-state index in [9.17, 15) is 23.3 Å². The summed E-state index contributed by atoms with van der Waals surface area (Å²) in [5.74, 6) is -1.18. The predicted octanol–water partition coefficient (Wildman–Crippen LogP) is 2.59. The summed E-state index contributed by atoms with van der Waals surface area (Å²) < 4.78 is 37.5. The number of benzene rings is 1. The van der Waals surface area contributed by atoms with Crippen LogP contribution in [0.25, 0.3) is 0 Å². The quantitative estimate of drug-likeness (QED) is 0.691. The Bertz CT molecular complexity index is 1160. The molecule has 0 spiro atoms. The molecule has 0 aliphatic carbocycles. The number of sulfonamides is 1. The van der Waals surface area contributed by atoms with E-state index in [1.165, 1.54) is 30.3 Å². The van der Waals surface area contributed by atoms with Crippen LogP contribution in [0.5, 0.6) is 0 Å². The molecule has 158 valence electrons. The summed E-state index contributed by atoms with van der Waals surface area (Å²) in [6.07, 6.45) is 0. The first-order valence-electron chi connectivity index (χ1n) is 8.90. The highest BCUT2D eigenvalue weighted by molar-refractivity contribution is 7.89. The van der Waals surface area contributed by atoms with Crippen molar-refractivity contribution >= 4 is 39.2 Å². The van der Waals surface area contributed by atoms with Gasteiger partial charge in [0.15, 0.2) is 5.78 Å². The second-order valence-electron chi connectivity index (χ2n) is 6.52. The van der Waals surface area contributed by atoms with Crippen LogP contribution in [-0.2, 0) is 14.8 Å². The van der Waals surface area contributed by atoms with Gasteiger partial charge in [-0.3, -0.25) is 14.9 Å². The average Bonchev–Trinajstić information content (AvgIpc) is 3.03. The lowest BCUT2D eigenvalue weighted by Crippen LogP contribution is -2.40. The number of rotatable bonds is 5. The van der Waals surface area contributed by atoms with Crippen LogP contribution < -0.4 is 5.32 Å². The summed E-state index contributed by atoms with van der Waals surface area (Å²) in [4.78, 5) is 24.4. The molecule has 1 fully saturated rings. The number of nitrogens with zero attached hydrogens (tertiary/aromatic N) is 2. The summed E-state index contributed by atoms with van der Waals surface area (Å²) in [5.41, 5.74) is -0.155. The number of carbonyl (C=O) groups excluding carboxylic acids is 2. The summed E-state index contributed by atoms with van der Waals surface area (Å²) in [6, 6.07) is 5.63. The van der Waals surface area contributed by atoms with Gasteiger partial charge >= 0.3 is 0 Å². The number of halogens is 1. The minimum absolute atomic E-state index is 0.0157. The van der Waals surface area contributed by atoms with Gasteiger partial charge in [-0.05, 0) is 32.0 Å². The Labute approximate surface area is 178 Å². The normalized spacial score (nSPS) is 14.9. The molecule has 1 N–H and O–H groups in total. The third-order valence-electron chi connectivity index (χ3n) is 4.57. The molecule has 1 amide bonds. The van der Waals surface area contributed by atoms with Gasteiger partial charge in [-0.2, -0.15) is 9.57 Å². The molecular formula is C19H18ClN3O6S. The Morgan fingerprint density at radius 2 is 1.93 bits per heavy atom. The Morgan fingerprint density at radius 3 is 2.53 bits per heavy atom. The van der Waals surface area contributed by atoms with E-state index in [4.69, 9.17) is 20.8 Å². The van der Waals surface area contributed by atoms with E-state index in [1.54, 1.807) is 0 Å². The zero-order chi connectivity index (χ0) is 22.1. The van der Waals surface area contributed by atoms with Gasteiger partial charge in [-0.25, -0.2) is 8.42 Å². The SMILES string of the molecule is CC(=O)c1c(C)oc(NC(=O)c2cc(S(=O)(=O)N3CCOCC3)ccc2Cl)c1C#N. The number of anilines is 1. The van der Waals surface area contributed by atoms with Crippen molar-refractivity contribution < 1.29 is 27.2 Å². The number of hydrogen-bond donors (Lipinski definition) is 1. The first-order valence-corrected chi connectivity index (χ1v) is 10.7. The molecule has 1 aliphatic heterocycles. The van der Waals surface area contributed by atoms with Gasteiger partial charge < -0.3 is 9.15 Å². The molecule has 11 heteroatoms. The number of nitriles is 1. The predicted molar refractivity (Wildman–Crippen MR) is 107 cm³/mol. The molecule has 3 rings (SSSR count). The fourth-order valence-electron chi connectivity index (χ4n) is 3.11. The third-order valence-corrected chi connectivity index (χ3v) is 6.79. The lowest BCUT2D eigenvalue weighted by molar-refractivity contribution is 0.0730. The molecule has 1 saturated heterocycles. The largest absolute Gasteiger partial charge is 0.443 e. The van der Waals surface area contributed by atoms with Gasteiger partial charge in [-0.15, -0.1) is 0 Å². The topological polar surface area (TPSA) is 130 Å². The molecule has 30 heavy (non-hydrogen) atoms. The van der Waals surface area contributed by atoms with Crippen molar-refractivity contribution in [2.75, 3.05) is 31.6 Å². The Kier molecular flexibility index (Phi) is 6.28. The summed E-state index contributed by atoms with van der Waals surface area (Å²) in [5, 5.41) is 11.8. The minimum atomic E-state index is -3.84. The smallest absolute Gasteiger partial charge is 0.259 e. The van der Waals surface area contributed by atoms with Crippen molar-refractivity contribution in [2.24, 2.45) is 0 Å². The Balaban J connectivity index is 1.94. The molecule has 2 aromatic rings. The third kappa shape index (κ3) is 4.11. The van der Waals surface area contributed by atoms with E-state index >= 15 is 0 Å². The second-order valence-corrected chi connectivity index (χ2v) is 8.86. The van der Waals surface area contributed by atoms with Gasteiger partial charge in [0.1, 0.15) is 17.4 Å². The first-order chi connectivity index (χ1) is 14.2. The number of nitrogens with one attached hydrogen (secondary N) is 1. The van der Waals surface area contributed by atoms with Gasteiger partial charge in [-0.1, -0.05) is 11.6 Å². The molecule has 0 atom stereocenters. The minimum Gasteiger partial charge on any atom is -0.443 e. The highest BCUT2D eigenvalue weighted by Crippen LogP contribution is 2.29. The number of ether oxygens (including phenoxy) is 1. The maximum Gasteiger partial charge on any atom is 0.259 e. The number of Topliss-reactive ketones (excluding diaryl/α,β-unsaturated/α-hetero) is 1. The monoisotopic (exact) mass is 451 g/mol. The van der Waals surface area contributed by atoms with Crippen molar-refractivity contribution in [3.63, 3.8) is 0 Å². The molecule has 9 nitrogen and oxygen atoms in total. The average molecular weight is 452 g/mol. The molecular weight excluding hydrogens is 434 g/mol. The van der Waals surface area contributed by atoms with Crippen LogP contribution in [-0.4, -0.2) is 50.7 Å². The number of hydrogen-bond acceptors (Lipinski definition) is 7. The number of amides is 1. The van der Waals surface area contributed by atoms with Crippen LogP contribution >= 0.6 is 11.6 Å². The second kappa shape index (κ2) is 8.57. The zero-order valence-electron chi connectivity index (χ0n) is 16.2. The molecule has 1 aromatic heterocycles. The number of furan rings is 1. The summed E-state index contributed by atoms with van der Waals surface area (Å²) >= 11 is 6.11. The molecule has 0 unspecified atom stereocenters. The van der Waals surface area contributed by atoms with Crippen molar-refractivity contribution in [1.29, 1.82) is 5.26 Å². The molecule has 0 saturated carbocycles. The van der Waals surface area contributed by atoms with Gasteiger partial charge in [0.25, 0.3) is 5.91 Å². The van der Waals surface area contributed by atoms with Crippen molar-refractivity contribution in [3.05, 3.63) is 45.7 Å². The van der Waals surface area contributed by atoms with E-state index in [2.05, 4.69) is 5.32 Å². The number of carbonyl (C=O) groups is 2. The highest BCUT2D eigenvalue weighted by Gasteiger charge is 2.28. The van der Waals surface area contributed by atoms with Crippen LogP contribution in [0.1, 0.15) is 39.0 Å². The molecule has 0 radical (unpaired) electrons. The van der Waals surface area contributed by atoms with E-state index in [0.29, 0.717) is 0 Å². The van der Waals surface area contributed by atoms with Crippen LogP contribution in [0.4, 0.5) is 5.88 Å². The fraction of sp³-hybridized carbons (Fsp3) is 0.316. The van der Waals surface area contributed by atoms with Crippen molar-refractivity contribution in [1.82, 2.24) is 4.31 Å². The van der Waals surface area contributed by atoms with Gasteiger partial charge in [0.05, 0.1) is 34.3 Å². The number of morpholine rings is 1. The van der Waals surface area contributed by atoms with E-state index in [1.807, 2.05) is 6.07 Å². The van der Waals surface area contributed by atoms with Crippen LogP contribution in [0.3, 0.4) is 0 Å². The molecule has 1 aliphatic rings. The first kappa shape index (κ1) is 22.0. The van der Waals surface area contributed by atoms with Gasteiger partial charge in [0.2, 0.25) is 15.9 Å². The maximum atomic E-state index is 12.9. The fourth-order valence-corrected chi connectivity index (χ4v) is 4.75. The van der Waals surface area contributed by atoms with Crippen molar-refractivity contribution in [3.8, 4) is 6.07 Å². The maximum absolute atomic E-state index is 12.9. The Hall–Kier alpha value is -2.71. The summed E-state index contributed by atoms with van der Waals surface area (Å²) in [6.45, 7) is 3.76. The molecule has 1 aromatic carbocycles. The highest BCUT2D eigenvalue weighted by atomic mass is 35.5. The van der Waals surface area contributed by atoms with Gasteiger partial charge in [0, 0.05) is 13.1 Å².